The van der Waals surface area contributed by atoms with Crippen molar-refractivity contribution < 1.29 is 40.7 Å². The molecule has 15 heteroatoms. The number of anilines is 1. The maximum atomic E-state index is 13.2. The van der Waals surface area contributed by atoms with Gasteiger partial charge in [0.2, 0.25) is 5.91 Å². The lowest BCUT2D eigenvalue weighted by Crippen LogP contribution is -2.51. The molecule has 0 spiro atoms. The van der Waals surface area contributed by atoms with Gasteiger partial charge >= 0.3 is 12.2 Å². The molecule has 10 nitrogen and oxygen atoms in total. The highest BCUT2D eigenvalue weighted by Crippen LogP contribution is 2.32. The summed E-state index contributed by atoms with van der Waals surface area (Å²) in [6.07, 6.45) is -2.50. The summed E-state index contributed by atoms with van der Waals surface area (Å²) in [6, 6.07) is 7.28. The van der Waals surface area contributed by atoms with Crippen molar-refractivity contribution in [3.8, 4) is 0 Å². The molecule has 2 atom stereocenters. The third-order valence-corrected chi connectivity index (χ3v) is 8.78. The zero-order valence-corrected chi connectivity index (χ0v) is 23.3. The average molecular weight is 603 g/mol. The van der Waals surface area contributed by atoms with Crippen LogP contribution in [-0.2, 0) is 25.5 Å². The summed E-state index contributed by atoms with van der Waals surface area (Å²) < 4.78 is 71.0. The molecular formula is C25H29F3N4O6S2. The Morgan fingerprint density at radius 3 is 2.42 bits per heavy atom. The van der Waals surface area contributed by atoms with Gasteiger partial charge in [0.25, 0.3) is 5.91 Å². The van der Waals surface area contributed by atoms with Crippen LogP contribution in [0.4, 0.5) is 23.7 Å². The maximum absolute atomic E-state index is 13.2. The number of carbonyl (C=O) groups excluding carboxylic acids is 3. The minimum atomic E-state index is -4.74. The van der Waals surface area contributed by atoms with Gasteiger partial charge in [-0.1, -0.05) is 0 Å². The minimum absolute atomic E-state index is 0.0547. The number of halogens is 3. The average Bonchev–Trinajstić information content (AvgIpc) is 2.92. The number of benzene rings is 2. The topological polar surface area (TPSA) is 143 Å². The molecule has 1 aliphatic rings. The van der Waals surface area contributed by atoms with Crippen molar-refractivity contribution in [3.05, 3.63) is 53.6 Å². The molecule has 0 aliphatic carbocycles. The molecule has 2 aromatic carbocycles. The van der Waals surface area contributed by atoms with Crippen molar-refractivity contribution in [1.29, 1.82) is 0 Å². The fourth-order valence-corrected chi connectivity index (χ4v) is 6.13. The third-order valence-electron chi connectivity index (χ3n) is 6.17. The smallest absolute Gasteiger partial charge is 0.379 e. The van der Waals surface area contributed by atoms with Crippen LogP contribution < -0.4 is 21.3 Å². The van der Waals surface area contributed by atoms with Crippen LogP contribution in [0, 0.1) is 5.92 Å². The highest BCUT2D eigenvalue weighted by atomic mass is 32.2. The molecule has 3 rings (SSSR count). The lowest BCUT2D eigenvalue weighted by atomic mass is 9.97. The number of sulfone groups is 1. The molecule has 0 saturated carbocycles. The Bertz CT molecular complexity index is 1340. The van der Waals surface area contributed by atoms with E-state index in [1.165, 1.54) is 30.9 Å². The first kappa shape index (κ1) is 31.2. The normalized spacial score (nSPS) is 17.5. The van der Waals surface area contributed by atoms with E-state index in [0.29, 0.717) is 25.2 Å². The first-order valence-electron chi connectivity index (χ1n) is 12.1. The van der Waals surface area contributed by atoms with Crippen LogP contribution in [0.5, 0.6) is 0 Å². The van der Waals surface area contributed by atoms with E-state index in [-0.39, 0.29) is 22.9 Å². The predicted molar refractivity (Wildman–Crippen MR) is 143 cm³/mol. The monoisotopic (exact) mass is 602 g/mol. The zero-order valence-electron chi connectivity index (χ0n) is 21.6. The van der Waals surface area contributed by atoms with E-state index < -0.39 is 63.5 Å². The van der Waals surface area contributed by atoms with Gasteiger partial charge in [0.1, 0.15) is 0 Å². The molecule has 4 amide bonds. The molecule has 2 aromatic rings. The number of carbonyl (C=O) groups is 3. The number of thioether (sulfide) groups is 1. The van der Waals surface area contributed by atoms with Gasteiger partial charge in [-0.25, -0.2) is 13.2 Å². The molecule has 0 unspecified atom stereocenters. The Morgan fingerprint density at radius 1 is 1.10 bits per heavy atom. The van der Waals surface area contributed by atoms with E-state index in [1.807, 2.05) is 6.26 Å². The van der Waals surface area contributed by atoms with Gasteiger partial charge in [0.05, 0.1) is 46.7 Å². The summed E-state index contributed by atoms with van der Waals surface area (Å²) in [4.78, 5) is 38.1. The second-order valence-electron chi connectivity index (χ2n) is 8.90. The lowest BCUT2D eigenvalue weighted by Gasteiger charge is -2.32. The molecule has 40 heavy (non-hydrogen) atoms. The van der Waals surface area contributed by atoms with Crippen molar-refractivity contribution in [3.63, 3.8) is 0 Å². The van der Waals surface area contributed by atoms with Gasteiger partial charge in [-0.05, 0) is 61.1 Å². The van der Waals surface area contributed by atoms with Crippen LogP contribution in [0.1, 0.15) is 22.3 Å². The van der Waals surface area contributed by atoms with Crippen molar-refractivity contribution >= 4 is 45.1 Å². The Morgan fingerprint density at radius 2 is 1.80 bits per heavy atom. The molecule has 0 aromatic heterocycles. The molecule has 0 bridgehead atoms. The van der Waals surface area contributed by atoms with E-state index >= 15 is 0 Å². The van der Waals surface area contributed by atoms with Crippen LogP contribution in [0.2, 0.25) is 0 Å². The Hall–Kier alpha value is -3.30. The number of hydrogen-bond donors (Lipinski definition) is 4. The molecule has 1 aliphatic heterocycles. The number of amides is 4. The minimum Gasteiger partial charge on any atom is -0.379 e. The quantitative estimate of drug-likeness (QED) is 0.323. The van der Waals surface area contributed by atoms with Crippen molar-refractivity contribution in [2.24, 2.45) is 5.92 Å². The molecule has 1 heterocycles. The van der Waals surface area contributed by atoms with Gasteiger partial charge in [0.15, 0.2) is 9.84 Å². The van der Waals surface area contributed by atoms with Gasteiger partial charge in [-0.15, -0.1) is 11.8 Å². The van der Waals surface area contributed by atoms with Crippen LogP contribution in [0.15, 0.2) is 52.3 Å². The van der Waals surface area contributed by atoms with Crippen LogP contribution in [-0.4, -0.2) is 71.1 Å². The SMILES string of the molecule is CNC(=O)Nc1ccc(C(F)(F)F)cc1C(=O)NCC(=O)N[C@H]1COCC[C@H]1CS(=O)(=O)c1ccc(SC)cc1. The second kappa shape index (κ2) is 13.4. The Labute approximate surface area is 233 Å². The van der Waals surface area contributed by atoms with Crippen molar-refractivity contribution in [2.75, 3.05) is 44.1 Å². The summed E-state index contributed by atoms with van der Waals surface area (Å²) in [6.45, 7) is -0.245. The van der Waals surface area contributed by atoms with Gasteiger partial charge < -0.3 is 26.0 Å². The Balaban J connectivity index is 1.66. The maximum Gasteiger partial charge on any atom is 0.416 e. The number of alkyl halides is 3. The van der Waals surface area contributed by atoms with E-state index in [2.05, 4.69) is 21.3 Å². The van der Waals surface area contributed by atoms with Crippen LogP contribution >= 0.6 is 11.8 Å². The van der Waals surface area contributed by atoms with Crippen molar-refractivity contribution in [2.45, 2.75) is 28.4 Å². The first-order chi connectivity index (χ1) is 18.8. The fourth-order valence-electron chi connectivity index (χ4n) is 4.02. The highest BCUT2D eigenvalue weighted by molar-refractivity contribution is 7.98. The molecule has 4 N–H and O–H groups in total. The summed E-state index contributed by atoms with van der Waals surface area (Å²) in [5.74, 6) is -2.42. The van der Waals surface area contributed by atoms with Crippen LogP contribution in [0.3, 0.4) is 0 Å². The van der Waals surface area contributed by atoms with Gasteiger partial charge in [-0.3, -0.25) is 9.59 Å². The summed E-state index contributed by atoms with van der Waals surface area (Å²) in [5.41, 5.74) is -1.80. The highest BCUT2D eigenvalue weighted by Gasteiger charge is 2.33. The predicted octanol–water partition coefficient (Wildman–Crippen LogP) is 2.90. The molecule has 0 radical (unpaired) electrons. The summed E-state index contributed by atoms with van der Waals surface area (Å²) >= 11 is 1.48. The number of ether oxygens (including phenoxy) is 1. The van der Waals surface area contributed by atoms with E-state index in [4.69, 9.17) is 4.74 Å². The summed E-state index contributed by atoms with van der Waals surface area (Å²) in [7, 11) is -2.38. The first-order valence-corrected chi connectivity index (χ1v) is 14.9. The van der Waals surface area contributed by atoms with E-state index in [9.17, 15) is 36.0 Å². The summed E-state index contributed by atoms with van der Waals surface area (Å²) in [5, 5.41) is 9.40. The van der Waals surface area contributed by atoms with E-state index in [0.717, 1.165) is 11.0 Å². The number of urea groups is 1. The molecular weight excluding hydrogens is 573 g/mol. The fraction of sp³-hybridized carbons (Fsp3) is 0.400. The molecule has 218 valence electrons. The van der Waals surface area contributed by atoms with E-state index in [1.54, 1.807) is 12.1 Å². The zero-order chi connectivity index (χ0) is 29.5. The Kier molecular flexibility index (Phi) is 10.4. The molecule has 1 saturated heterocycles. The van der Waals surface area contributed by atoms with Gasteiger partial charge in [-0.2, -0.15) is 13.2 Å². The van der Waals surface area contributed by atoms with Crippen LogP contribution in [0.25, 0.3) is 0 Å². The van der Waals surface area contributed by atoms with Crippen molar-refractivity contribution in [1.82, 2.24) is 16.0 Å². The third kappa shape index (κ3) is 8.35. The second-order valence-corrected chi connectivity index (χ2v) is 11.8. The lowest BCUT2D eigenvalue weighted by molar-refractivity contribution is -0.137. The largest absolute Gasteiger partial charge is 0.416 e. The number of nitrogens with one attached hydrogen (secondary N) is 4. The molecule has 1 fully saturated rings. The number of rotatable bonds is 9. The van der Waals surface area contributed by atoms with Gasteiger partial charge in [0, 0.05) is 18.6 Å². The number of hydrogen-bond acceptors (Lipinski definition) is 7. The standard InChI is InChI=1S/C25H29F3N4O6S2/c1-29-24(35)32-20-8-3-16(25(26,27)28)11-19(20)23(34)30-12-22(33)31-21-13-38-10-9-15(21)14-40(36,37)18-6-4-17(39-2)5-7-18/h3-8,11,15,21H,9-10,12-14H2,1-2H3,(H,30,34)(H,31,33)(H2,29,32,35)/t15-,21-/m0/s1.